The smallest absolute Gasteiger partial charge is 0.189 e. The molecule has 3 aromatic heterocycles. The summed E-state index contributed by atoms with van der Waals surface area (Å²) in [6.07, 6.45) is 9.15. The first kappa shape index (κ1) is 25.8. The van der Waals surface area contributed by atoms with E-state index in [0.717, 1.165) is 61.5 Å². The molecule has 1 atom stereocenters. The van der Waals surface area contributed by atoms with E-state index in [9.17, 15) is 0 Å². The molecule has 33 heavy (non-hydrogen) atoms. The summed E-state index contributed by atoms with van der Waals surface area (Å²) in [7, 11) is 0. The molecule has 3 aromatic rings. The van der Waals surface area contributed by atoms with Gasteiger partial charge >= 0.3 is 0 Å². The Balaban J connectivity index is 0.000000555. The van der Waals surface area contributed by atoms with Gasteiger partial charge in [-0.15, -0.1) is 11.3 Å². The van der Waals surface area contributed by atoms with Crippen molar-refractivity contribution in [2.45, 2.75) is 71.2 Å². The molecule has 7 nitrogen and oxygen atoms in total. The number of anilines is 1. The van der Waals surface area contributed by atoms with E-state index < -0.39 is 5.79 Å². The van der Waals surface area contributed by atoms with Crippen LogP contribution in [0.25, 0.3) is 20.8 Å². The number of rotatable bonds is 8. The van der Waals surface area contributed by atoms with Gasteiger partial charge in [0.15, 0.2) is 10.9 Å². The highest BCUT2D eigenvalue weighted by molar-refractivity contribution is 7.98. The first-order valence-electron chi connectivity index (χ1n) is 11.4. The first-order valence-corrected chi connectivity index (χ1v) is 13.5. The summed E-state index contributed by atoms with van der Waals surface area (Å²) in [6, 6.07) is 2.03. The molecule has 1 aliphatic carbocycles. The molecule has 3 heterocycles. The number of pyridine rings is 1. The van der Waals surface area contributed by atoms with E-state index in [0.29, 0.717) is 0 Å². The van der Waals surface area contributed by atoms with E-state index in [1.165, 1.54) is 39.5 Å². The molecule has 9 heteroatoms. The molecule has 0 radical (unpaired) electrons. The summed E-state index contributed by atoms with van der Waals surface area (Å²) >= 11 is 3.27. The predicted molar refractivity (Wildman–Crippen MR) is 138 cm³/mol. The molecule has 0 aromatic carbocycles. The number of nitrogens with one attached hydrogen (secondary N) is 1. The van der Waals surface area contributed by atoms with Crippen molar-refractivity contribution in [1.82, 2.24) is 19.9 Å². The van der Waals surface area contributed by atoms with Crippen LogP contribution in [0.2, 0.25) is 0 Å². The van der Waals surface area contributed by atoms with Crippen LogP contribution in [0.15, 0.2) is 17.4 Å². The maximum atomic E-state index is 8.08. The molecule has 3 N–H and O–H groups in total. The van der Waals surface area contributed by atoms with Crippen LogP contribution in [0, 0.1) is 25.7 Å². The topological polar surface area (TPSA) is 104 Å². The van der Waals surface area contributed by atoms with Gasteiger partial charge in [0.25, 0.3) is 0 Å². The van der Waals surface area contributed by atoms with E-state index in [1.807, 2.05) is 25.4 Å². The molecule has 0 saturated heterocycles. The van der Waals surface area contributed by atoms with Crippen molar-refractivity contribution in [3.63, 3.8) is 0 Å². The lowest BCUT2D eigenvalue weighted by Crippen LogP contribution is -2.15. The molecule has 0 bridgehead atoms. The molecule has 1 saturated carbocycles. The minimum absolute atomic E-state index is 0.803. The van der Waals surface area contributed by atoms with Crippen molar-refractivity contribution >= 4 is 39.1 Å². The van der Waals surface area contributed by atoms with Crippen LogP contribution in [0.5, 0.6) is 0 Å². The lowest BCUT2D eigenvalue weighted by molar-refractivity contribution is -0.127. The Hall–Kier alpha value is -1.81. The zero-order valence-electron chi connectivity index (χ0n) is 20.3. The summed E-state index contributed by atoms with van der Waals surface area (Å²) in [4.78, 5) is 18.7. The second kappa shape index (κ2) is 11.1. The van der Waals surface area contributed by atoms with E-state index in [4.69, 9.17) is 20.2 Å². The number of hydrogen-bond acceptors (Lipinski definition) is 9. The molecule has 0 spiro atoms. The highest BCUT2D eigenvalue weighted by Gasteiger charge is 2.29. The van der Waals surface area contributed by atoms with Crippen molar-refractivity contribution in [3.05, 3.63) is 23.7 Å². The van der Waals surface area contributed by atoms with Crippen LogP contribution in [0.4, 0.5) is 5.82 Å². The zero-order chi connectivity index (χ0) is 24.2. The molecule has 4 rings (SSSR count). The Morgan fingerprint density at radius 1 is 1.18 bits per heavy atom. The Morgan fingerprint density at radius 2 is 1.88 bits per heavy atom. The SMILES string of the molecule is CC(C)(O)O.CCC(CCNc1nc(SC)nc(C)c1-c1nc2c(C)nccc2s1)C1CC1. The normalized spacial score (nSPS) is 14.7. The minimum Gasteiger partial charge on any atom is -0.369 e. The standard InChI is InChI=1S/C21H27N5S2.C3H8O2/c1-5-14(15-6-7-15)8-10-23-19-17(12(2)24-21(26-19)27-4)20-25-18-13(3)22-11-9-16(18)28-20;1-3(2,4)5/h9,11,14-15H,5-8,10H2,1-4H3,(H,23,24,26);4-5H,1-2H3. The van der Waals surface area contributed by atoms with Crippen molar-refractivity contribution in [2.24, 2.45) is 11.8 Å². The second-order valence-electron chi connectivity index (χ2n) is 9.00. The number of nitrogens with zero attached hydrogens (tertiary/aromatic N) is 4. The van der Waals surface area contributed by atoms with Gasteiger partial charge in [0.1, 0.15) is 16.3 Å². The largest absolute Gasteiger partial charge is 0.369 e. The fraction of sp³-hybridized carbons (Fsp3) is 0.583. The third-order valence-corrected chi connectivity index (χ3v) is 7.16. The number of aliphatic hydroxyl groups is 2. The van der Waals surface area contributed by atoms with Crippen LogP contribution in [0.3, 0.4) is 0 Å². The number of hydrogen-bond donors (Lipinski definition) is 3. The van der Waals surface area contributed by atoms with E-state index in [2.05, 4.69) is 29.1 Å². The number of aromatic nitrogens is 4. The van der Waals surface area contributed by atoms with Gasteiger partial charge in [-0.3, -0.25) is 4.98 Å². The molecule has 1 fully saturated rings. The maximum absolute atomic E-state index is 8.08. The highest BCUT2D eigenvalue weighted by Crippen LogP contribution is 2.40. The fourth-order valence-corrected chi connectivity index (χ4v) is 5.35. The van der Waals surface area contributed by atoms with Crippen molar-refractivity contribution in [1.29, 1.82) is 0 Å². The third kappa shape index (κ3) is 7.34. The van der Waals surface area contributed by atoms with E-state index >= 15 is 0 Å². The number of thiazole rings is 1. The van der Waals surface area contributed by atoms with Crippen molar-refractivity contribution < 1.29 is 10.2 Å². The monoisotopic (exact) mass is 489 g/mol. The first-order chi connectivity index (χ1) is 15.6. The molecular formula is C24H35N5O2S2. The Bertz CT molecular complexity index is 1070. The van der Waals surface area contributed by atoms with Crippen LogP contribution in [-0.2, 0) is 0 Å². The highest BCUT2D eigenvalue weighted by atomic mass is 32.2. The van der Waals surface area contributed by atoms with Gasteiger partial charge in [-0.05, 0) is 71.1 Å². The summed E-state index contributed by atoms with van der Waals surface area (Å²) in [6.45, 7) is 9.91. The average Bonchev–Trinajstić information content (AvgIpc) is 3.48. The molecule has 1 unspecified atom stereocenters. The summed E-state index contributed by atoms with van der Waals surface area (Å²) < 4.78 is 1.15. The molecule has 180 valence electrons. The van der Waals surface area contributed by atoms with E-state index in [-0.39, 0.29) is 0 Å². The van der Waals surface area contributed by atoms with Gasteiger partial charge in [0.05, 0.1) is 21.7 Å². The van der Waals surface area contributed by atoms with Crippen LogP contribution < -0.4 is 5.32 Å². The van der Waals surface area contributed by atoms with Crippen molar-refractivity contribution in [3.8, 4) is 10.6 Å². The number of thioether (sulfide) groups is 1. The molecular weight excluding hydrogens is 454 g/mol. The molecule has 0 amide bonds. The Kier molecular flexibility index (Phi) is 8.66. The Labute approximate surface area is 204 Å². The average molecular weight is 490 g/mol. The predicted octanol–water partition coefficient (Wildman–Crippen LogP) is 5.43. The fourth-order valence-electron chi connectivity index (χ4n) is 3.83. The van der Waals surface area contributed by atoms with Crippen LogP contribution in [-0.4, -0.2) is 48.7 Å². The van der Waals surface area contributed by atoms with Gasteiger partial charge in [-0.25, -0.2) is 15.0 Å². The van der Waals surface area contributed by atoms with Crippen LogP contribution >= 0.6 is 23.1 Å². The van der Waals surface area contributed by atoms with Gasteiger partial charge in [0.2, 0.25) is 0 Å². The maximum Gasteiger partial charge on any atom is 0.189 e. The summed E-state index contributed by atoms with van der Waals surface area (Å²) in [5.74, 6) is 1.18. The van der Waals surface area contributed by atoms with Crippen LogP contribution in [0.1, 0.15) is 57.8 Å². The molecule has 1 aliphatic rings. The number of fused-ring (bicyclic) bond motifs is 1. The van der Waals surface area contributed by atoms with E-state index in [1.54, 1.807) is 23.1 Å². The Morgan fingerprint density at radius 3 is 2.45 bits per heavy atom. The van der Waals surface area contributed by atoms with Crippen molar-refractivity contribution in [2.75, 3.05) is 18.1 Å². The summed E-state index contributed by atoms with van der Waals surface area (Å²) in [5, 5.41) is 21.5. The van der Waals surface area contributed by atoms with Gasteiger partial charge < -0.3 is 15.5 Å². The van der Waals surface area contributed by atoms with Gasteiger partial charge in [-0.1, -0.05) is 25.1 Å². The second-order valence-corrected chi connectivity index (χ2v) is 10.8. The van der Waals surface area contributed by atoms with Gasteiger partial charge in [0, 0.05) is 12.7 Å². The number of aryl methyl sites for hydroxylation is 2. The quantitative estimate of drug-likeness (QED) is 0.218. The zero-order valence-corrected chi connectivity index (χ0v) is 22.0. The molecule has 0 aliphatic heterocycles. The minimum atomic E-state index is -1.50. The lowest BCUT2D eigenvalue weighted by atomic mass is 9.97. The lowest BCUT2D eigenvalue weighted by Gasteiger charge is -2.16. The summed E-state index contributed by atoms with van der Waals surface area (Å²) in [5.41, 5.74) is 3.93. The third-order valence-electron chi connectivity index (χ3n) is 5.58. The van der Waals surface area contributed by atoms with Gasteiger partial charge in [-0.2, -0.15) is 0 Å².